The molecule has 0 unspecified atom stereocenters. The third kappa shape index (κ3) is 4.40. The average molecular weight is 345 g/mol. The van der Waals surface area contributed by atoms with Gasteiger partial charge in [0, 0.05) is 19.1 Å². The van der Waals surface area contributed by atoms with Crippen LogP contribution in [0, 0.1) is 11.8 Å². The van der Waals surface area contributed by atoms with Crippen LogP contribution in [0.2, 0.25) is 0 Å². The van der Waals surface area contributed by atoms with E-state index in [-0.39, 0.29) is 17.8 Å². The summed E-state index contributed by atoms with van der Waals surface area (Å²) in [4.78, 5) is 14.2. The van der Waals surface area contributed by atoms with E-state index in [1.54, 1.807) is 18.7 Å². The van der Waals surface area contributed by atoms with Crippen LogP contribution in [0.15, 0.2) is 0 Å². The zero-order chi connectivity index (χ0) is 17.3. The lowest BCUT2D eigenvalue weighted by molar-refractivity contribution is 0.184. The maximum Gasteiger partial charge on any atom is 0.317 e. The first-order valence-electron chi connectivity index (χ1n) is 8.90. The number of amides is 2. The SMILES string of the molecule is CC(C)C1CCC(NC(=O)N2CCC(C)(C)S(=O)(=O)CC2)CC1. The molecule has 2 amide bonds. The van der Waals surface area contributed by atoms with Crippen LogP contribution < -0.4 is 5.32 Å². The maximum atomic E-state index is 12.5. The van der Waals surface area contributed by atoms with Crippen molar-refractivity contribution >= 4 is 15.9 Å². The average Bonchev–Trinajstić information content (AvgIpc) is 2.57. The highest BCUT2D eigenvalue weighted by molar-refractivity contribution is 7.92. The van der Waals surface area contributed by atoms with E-state index in [0.29, 0.717) is 25.4 Å². The molecular weight excluding hydrogens is 312 g/mol. The normalized spacial score (nSPS) is 30.7. The van der Waals surface area contributed by atoms with E-state index in [9.17, 15) is 13.2 Å². The van der Waals surface area contributed by atoms with Crippen LogP contribution in [-0.4, -0.2) is 49.0 Å². The van der Waals surface area contributed by atoms with Gasteiger partial charge in [0.1, 0.15) is 0 Å². The predicted molar refractivity (Wildman–Crippen MR) is 93.2 cm³/mol. The number of urea groups is 1. The molecular formula is C17H32N2O3S. The van der Waals surface area contributed by atoms with Crippen molar-refractivity contribution in [3.8, 4) is 0 Å². The van der Waals surface area contributed by atoms with Crippen molar-refractivity contribution in [1.82, 2.24) is 10.2 Å². The predicted octanol–water partition coefficient (Wildman–Crippen LogP) is 2.81. The fourth-order valence-electron chi connectivity index (χ4n) is 3.58. The van der Waals surface area contributed by atoms with E-state index < -0.39 is 14.6 Å². The maximum absolute atomic E-state index is 12.5. The Balaban J connectivity index is 1.87. The van der Waals surface area contributed by atoms with Crippen molar-refractivity contribution in [2.75, 3.05) is 18.8 Å². The number of sulfone groups is 1. The molecule has 1 heterocycles. The summed E-state index contributed by atoms with van der Waals surface area (Å²) in [7, 11) is -3.14. The number of nitrogens with zero attached hydrogens (tertiary/aromatic N) is 1. The first-order chi connectivity index (χ1) is 10.6. The molecule has 6 heteroatoms. The van der Waals surface area contributed by atoms with E-state index in [4.69, 9.17) is 0 Å². The number of carbonyl (C=O) groups excluding carboxylic acids is 1. The molecule has 1 saturated heterocycles. The van der Waals surface area contributed by atoms with Gasteiger partial charge in [0.25, 0.3) is 0 Å². The summed E-state index contributed by atoms with van der Waals surface area (Å²) in [6, 6.07) is 0.149. The molecule has 0 spiro atoms. The van der Waals surface area contributed by atoms with Gasteiger partial charge in [0.15, 0.2) is 9.84 Å². The Morgan fingerprint density at radius 3 is 2.30 bits per heavy atom. The van der Waals surface area contributed by atoms with Crippen molar-refractivity contribution in [2.45, 2.75) is 70.6 Å². The molecule has 2 rings (SSSR count). The van der Waals surface area contributed by atoms with Gasteiger partial charge < -0.3 is 10.2 Å². The summed E-state index contributed by atoms with van der Waals surface area (Å²) in [5, 5.41) is 3.12. The van der Waals surface area contributed by atoms with Gasteiger partial charge in [-0.15, -0.1) is 0 Å². The van der Waals surface area contributed by atoms with Crippen LogP contribution in [0.3, 0.4) is 0 Å². The Morgan fingerprint density at radius 1 is 1.13 bits per heavy atom. The van der Waals surface area contributed by atoms with Gasteiger partial charge in [-0.2, -0.15) is 0 Å². The van der Waals surface area contributed by atoms with Crippen LogP contribution in [-0.2, 0) is 9.84 Å². The summed E-state index contributed by atoms with van der Waals surface area (Å²) in [6.07, 6.45) is 4.91. The van der Waals surface area contributed by atoms with E-state index >= 15 is 0 Å². The van der Waals surface area contributed by atoms with Gasteiger partial charge >= 0.3 is 6.03 Å². The van der Waals surface area contributed by atoms with Gasteiger partial charge in [-0.3, -0.25) is 0 Å². The minimum Gasteiger partial charge on any atom is -0.335 e. The molecule has 134 valence electrons. The quantitative estimate of drug-likeness (QED) is 0.837. The molecule has 0 aromatic carbocycles. The van der Waals surface area contributed by atoms with Gasteiger partial charge in [-0.25, -0.2) is 13.2 Å². The molecule has 1 N–H and O–H groups in total. The molecule has 0 radical (unpaired) electrons. The Kier molecular flexibility index (Phi) is 5.64. The summed E-state index contributed by atoms with van der Waals surface area (Å²) in [5.41, 5.74) is 0. The molecule has 23 heavy (non-hydrogen) atoms. The fourth-order valence-corrected chi connectivity index (χ4v) is 4.99. The molecule has 1 saturated carbocycles. The van der Waals surface area contributed by atoms with Crippen molar-refractivity contribution < 1.29 is 13.2 Å². The highest BCUT2D eigenvalue weighted by atomic mass is 32.2. The zero-order valence-corrected chi connectivity index (χ0v) is 15.8. The molecule has 2 aliphatic rings. The first-order valence-corrected chi connectivity index (χ1v) is 10.6. The van der Waals surface area contributed by atoms with E-state index in [1.165, 1.54) is 12.8 Å². The van der Waals surface area contributed by atoms with Gasteiger partial charge in [-0.05, 0) is 57.8 Å². The molecule has 0 aromatic rings. The lowest BCUT2D eigenvalue weighted by atomic mass is 9.80. The molecule has 1 aliphatic carbocycles. The standard InChI is InChI=1S/C17H32N2O3S/c1-13(2)14-5-7-15(8-6-14)18-16(20)19-10-9-17(3,4)23(21,22)12-11-19/h13-15H,5-12H2,1-4H3,(H,18,20). The Bertz CT molecular complexity index is 520. The van der Waals surface area contributed by atoms with Crippen LogP contribution in [0.1, 0.15) is 59.8 Å². The molecule has 0 aromatic heterocycles. The summed E-state index contributed by atoms with van der Waals surface area (Å²) in [6.45, 7) is 8.87. The monoisotopic (exact) mass is 344 g/mol. The second kappa shape index (κ2) is 6.99. The molecule has 5 nitrogen and oxygen atoms in total. The minimum atomic E-state index is -3.14. The Hall–Kier alpha value is -0.780. The molecule has 0 atom stereocenters. The Labute approximate surface area is 141 Å². The van der Waals surface area contributed by atoms with E-state index in [0.717, 1.165) is 18.8 Å². The van der Waals surface area contributed by atoms with Crippen LogP contribution in [0.25, 0.3) is 0 Å². The van der Waals surface area contributed by atoms with Gasteiger partial charge in [0.2, 0.25) is 0 Å². The number of nitrogens with one attached hydrogen (secondary N) is 1. The van der Waals surface area contributed by atoms with E-state index in [1.807, 2.05) is 0 Å². The zero-order valence-electron chi connectivity index (χ0n) is 15.0. The number of rotatable bonds is 2. The molecule has 0 bridgehead atoms. The molecule has 1 aliphatic heterocycles. The Morgan fingerprint density at radius 2 is 1.74 bits per heavy atom. The van der Waals surface area contributed by atoms with Crippen LogP contribution in [0.5, 0.6) is 0 Å². The summed E-state index contributed by atoms with van der Waals surface area (Å²) >= 11 is 0. The lowest BCUT2D eigenvalue weighted by Crippen LogP contribution is -2.47. The smallest absolute Gasteiger partial charge is 0.317 e. The van der Waals surface area contributed by atoms with Crippen molar-refractivity contribution in [2.24, 2.45) is 11.8 Å². The largest absolute Gasteiger partial charge is 0.335 e. The first kappa shape index (κ1) is 18.6. The lowest BCUT2D eigenvalue weighted by Gasteiger charge is -2.32. The third-order valence-corrected chi connectivity index (χ3v) is 8.39. The van der Waals surface area contributed by atoms with Crippen molar-refractivity contribution in [3.05, 3.63) is 0 Å². The van der Waals surface area contributed by atoms with Crippen LogP contribution >= 0.6 is 0 Å². The summed E-state index contributed by atoms with van der Waals surface area (Å²) in [5.74, 6) is 1.55. The van der Waals surface area contributed by atoms with Crippen molar-refractivity contribution in [3.63, 3.8) is 0 Å². The fraction of sp³-hybridized carbons (Fsp3) is 0.941. The van der Waals surface area contributed by atoms with Gasteiger partial charge in [0.05, 0.1) is 10.5 Å². The van der Waals surface area contributed by atoms with Crippen molar-refractivity contribution in [1.29, 1.82) is 0 Å². The highest BCUT2D eigenvalue weighted by Gasteiger charge is 2.38. The number of carbonyl (C=O) groups is 1. The minimum absolute atomic E-state index is 0.0630. The topological polar surface area (TPSA) is 66.5 Å². The third-order valence-electron chi connectivity index (χ3n) is 5.79. The number of hydrogen-bond donors (Lipinski definition) is 1. The second-order valence-electron chi connectivity index (χ2n) is 8.12. The van der Waals surface area contributed by atoms with Gasteiger partial charge in [-0.1, -0.05) is 13.8 Å². The number of hydrogen-bond acceptors (Lipinski definition) is 3. The second-order valence-corrected chi connectivity index (χ2v) is 10.9. The van der Waals surface area contributed by atoms with Crippen LogP contribution in [0.4, 0.5) is 4.79 Å². The summed E-state index contributed by atoms with van der Waals surface area (Å²) < 4.78 is 23.7. The van der Waals surface area contributed by atoms with E-state index in [2.05, 4.69) is 19.2 Å². The molecule has 2 fully saturated rings. The highest BCUT2D eigenvalue weighted by Crippen LogP contribution is 2.30.